The molecule has 1 aromatic heterocycles. The minimum atomic E-state index is -0.00520. The Hall–Kier alpha value is -2.55. The van der Waals surface area contributed by atoms with E-state index in [1.54, 1.807) is 0 Å². The van der Waals surface area contributed by atoms with Gasteiger partial charge in [-0.3, -0.25) is 4.79 Å². The number of nitrogens with zero attached hydrogens (tertiary/aromatic N) is 1. The van der Waals surface area contributed by atoms with Crippen molar-refractivity contribution in [2.24, 2.45) is 0 Å². The summed E-state index contributed by atoms with van der Waals surface area (Å²) in [7, 11) is 0. The average Bonchev–Trinajstić information content (AvgIpc) is 2.96. The molecule has 3 aromatic rings. The Kier molecular flexibility index (Phi) is 4.99. The molecule has 0 unspecified atom stereocenters. The van der Waals surface area contributed by atoms with Gasteiger partial charge >= 0.3 is 0 Å². The van der Waals surface area contributed by atoms with Gasteiger partial charge in [0.25, 0.3) is 0 Å². The fraction of sp³-hybridized carbons (Fsp3) is 0.286. The molecule has 0 radical (unpaired) electrons. The Labute approximate surface area is 143 Å². The maximum Gasteiger partial charge on any atom is 0.244 e. The molecule has 1 N–H and O–H groups in total. The van der Waals surface area contributed by atoms with E-state index >= 15 is 0 Å². The van der Waals surface area contributed by atoms with E-state index in [0.717, 1.165) is 17.6 Å². The van der Waals surface area contributed by atoms with Crippen molar-refractivity contribution in [1.29, 1.82) is 0 Å². The number of aromatic nitrogens is 1. The standard InChI is InChI=1S/C21H24N2O/c1-3-4-5-17-7-9-19(10-8-17)22-21(24)15-23-13-12-18-14-16(2)6-11-20(18)23/h6-14H,3-5,15H2,1-2H3,(H,22,24). The number of carbonyl (C=O) groups excluding carboxylic acids is 1. The summed E-state index contributed by atoms with van der Waals surface area (Å²) in [4.78, 5) is 12.3. The second-order valence-corrected chi connectivity index (χ2v) is 6.35. The zero-order valence-electron chi connectivity index (χ0n) is 14.4. The highest BCUT2D eigenvalue weighted by Gasteiger charge is 2.07. The van der Waals surface area contributed by atoms with Gasteiger partial charge in [0.15, 0.2) is 0 Å². The third-order valence-electron chi connectivity index (χ3n) is 4.30. The summed E-state index contributed by atoms with van der Waals surface area (Å²) in [6.45, 7) is 4.60. The van der Waals surface area contributed by atoms with Crippen molar-refractivity contribution in [2.45, 2.75) is 39.7 Å². The molecule has 3 rings (SSSR count). The maximum atomic E-state index is 12.3. The van der Waals surface area contributed by atoms with Gasteiger partial charge in [0.05, 0.1) is 0 Å². The highest BCUT2D eigenvalue weighted by Crippen LogP contribution is 2.18. The largest absolute Gasteiger partial charge is 0.338 e. The number of aryl methyl sites for hydroxylation is 2. The van der Waals surface area contributed by atoms with Crippen LogP contribution in [-0.4, -0.2) is 10.5 Å². The number of hydrogen-bond acceptors (Lipinski definition) is 1. The molecule has 2 aromatic carbocycles. The molecule has 124 valence electrons. The van der Waals surface area contributed by atoms with Crippen LogP contribution in [0.2, 0.25) is 0 Å². The summed E-state index contributed by atoms with van der Waals surface area (Å²) in [6, 6.07) is 16.5. The van der Waals surface area contributed by atoms with E-state index in [1.165, 1.54) is 29.4 Å². The van der Waals surface area contributed by atoms with E-state index in [2.05, 4.69) is 55.6 Å². The molecule has 0 spiro atoms. The molecule has 1 heterocycles. The number of benzene rings is 2. The second-order valence-electron chi connectivity index (χ2n) is 6.35. The quantitative estimate of drug-likeness (QED) is 0.686. The number of carbonyl (C=O) groups is 1. The van der Waals surface area contributed by atoms with Crippen LogP contribution < -0.4 is 5.32 Å². The van der Waals surface area contributed by atoms with Crippen LogP contribution in [0.3, 0.4) is 0 Å². The summed E-state index contributed by atoms with van der Waals surface area (Å²) in [5, 5.41) is 4.15. The molecule has 3 heteroatoms. The van der Waals surface area contributed by atoms with Crippen molar-refractivity contribution in [3.63, 3.8) is 0 Å². The zero-order chi connectivity index (χ0) is 16.9. The van der Waals surface area contributed by atoms with Crippen LogP contribution >= 0.6 is 0 Å². The van der Waals surface area contributed by atoms with E-state index in [4.69, 9.17) is 0 Å². The molecule has 24 heavy (non-hydrogen) atoms. The molecule has 0 aliphatic rings. The second kappa shape index (κ2) is 7.35. The van der Waals surface area contributed by atoms with Gasteiger partial charge in [-0.05, 0) is 61.0 Å². The van der Waals surface area contributed by atoms with Crippen molar-refractivity contribution in [3.05, 3.63) is 65.9 Å². The summed E-state index contributed by atoms with van der Waals surface area (Å²) >= 11 is 0. The lowest BCUT2D eigenvalue weighted by Gasteiger charge is -2.08. The predicted octanol–water partition coefficient (Wildman–Crippen LogP) is 4.93. The van der Waals surface area contributed by atoms with Crippen LogP contribution in [0.5, 0.6) is 0 Å². The smallest absolute Gasteiger partial charge is 0.244 e. The van der Waals surface area contributed by atoms with Crippen LogP contribution in [0.15, 0.2) is 54.7 Å². The molecule has 0 aliphatic carbocycles. The van der Waals surface area contributed by atoms with Gasteiger partial charge in [-0.25, -0.2) is 0 Å². The first-order valence-electron chi connectivity index (χ1n) is 8.60. The normalized spacial score (nSPS) is 10.9. The Bertz CT molecular complexity index is 831. The van der Waals surface area contributed by atoms with Crippen molar-refractivity contribution < 1.29 is 4.79 Å². The number of unbranched alkanes of at least 4 members (excludes halogenated alkanes) is 1. The maximum absolute atomic E-state index is 12.3. The number of amides is 1. The first-order valence-corrected chi connectivity index (χ1v) is 8.60. The van der Waals surface area contributed by atoms with E-state index in [9.17, 15) is 4.79 Å². The topological polar surface area (TPSA) is 34.0 Å². The summed E-state index contributed by atoms with van der Waals surface area (Å²) in [5.41, 5.74) is 4.49. The first-order chi connectivity index (χ1) is 11.7. The lowest BCUT2D eigenvalue weighted by atomic mass is 10.1. The molecule has 0 saturated carbocycles. The molecule has 0 atom stereocenters. The molecule has 0 saturated heterocycles. The van der Waals surface area contributed by atoms with Crippen LogP contribution in [0.4, 0.5) is 5.69 Å². The lowest BCUT2D eigenvalue weighted by Crippen LogP contribution is -2.18. The van der Waals surface area contributed by atoms with Gasteiger partial charge in [-0.15, -0.1) is 0 Å². The monoisotopic (exact) mass is 320 g/mol. The summed E-state index contributed by atoms with van der Waals surface area (Å²) < 4.78 is 1.99. The van der Waals surface area contributed by atoms with Crippen molar-refractivity contribution >= 4 is 22.5 Å². The molecular weight excluding hydrogens is 296 g/mol. The Morgan fingerprint density at radius 1 is 1.08 bits per heavy atom. The Morgan fingerprint density at radius 3 is 2.62 bits per heavy atom. The van der Waals surface area contributed by atoms with E-state index in [0.29, 0.717) is 6.54 Å². The third-order valence-corrected chi connectivity index (χ3v) is 4.30. The fourth-order valence-corrected chi connectivity index (χ4v) is 2.95. The van der Waals surface area contributed by atoms with Crippen molar-refractivity contribution in [3.8, 4) is 0 Å². The number of anilines is 1. The summed E-state index contributed by atoms with van der Waals surface area (Å²) in [6.07, 6.45) is 5.46. The third kappa shape index (κ3) is 3.85. The molecular formula is C21H24N2O. The van der Waals surface area contributed by atoms with Crippen molar-refractivity contribution in [2.75, 3.05) is 5.32 Å². The van der Waals surface area contributed by atoms with Gasteiger partial charge in [0.1, 0.15) is 6.54 Å². The van der Waals surface area contributed by atoms with E-state index < -0.39 is 0 Å². The minimum absolute atomic E-state index is 0.00520. The fourth-order valence-electron chi connectivity index (χ4n) is 2.95. The Morgan fingerprint density at radius 2 is 1.88 bits per heavy atom. The van der Waals surface area contributed by atoms with Gasteiger partial charge in [-0.2, -0.15) is 0 Å². The van der Waals surface area contributed by atoms with E-state index in [1.807, 2.05) is 22.9 Å². The first kappa shape index (κ1) is 16.3. The predicted molar refractivity (Wildman–Crippen MR) is 100 cm³/mol. The number of nitrogens with one attached hydrogen (secondary N) is 1. The Balaban J connectivity index is 1.64. The molecule has 0 fully saturated rings. The van der Waals surface area contributed by atoms with E-state index in [-0.39, 0.29) is 5.91 Å². The number of fused-ring (bicyclic) bond motifs is 1. The van der Waals surface area contributed by atoms with Gasteiger partial charge in [0, 0.05) is 17.4 Å². The van der Waals surface area contributed by atoms with Crippen LogP contribution in [-0.2, 0) is 17.8 Å². The SMILES string of the molecule is CCCCc1ccc(NC(=O)Cn2ccc3cc(C)ccc32)cc1. The highest BCUT2D eigenvalue weighted by atomic mass is 16.1. The number of rotatable bonds is 6. The van der Waals surface area contributed by atoms with Crippen LogP contribution in [0, 0.1) is 6.92 Å². The number of hydrogen-bond donors (Lipinski definition) is 1. The van der Waals surface area contributed by atoms with Crippen LogP contribution in [0.1, 0.15) is 30.9 Å². The van der Waals surface area contributed by atoms with Gasteiger partial charge in [-0.1, -0.05) is 37.1 Å². The van der Waals surface area contributed by atoms with Crippen molar-refractivity contribution in [1.82, 2.24) is 4.57 Å². The molecule has 0 aliphatic heterocycles. The summed E-state index contributed by atoms with van der Waals surface area (Å²) in [5.74, 6) is -0.00520. The minimum Gasteiger partial charge on any atom is -0.338 e. The lowest BCUT2D eigenvalue weighted by molar-refractivity contribution is -0.116. The average molecular weight is 320 g/mol. The van der Waals surface area contributed by atoms with Crippen LogP contribution in [0.25, 0.3) is 10.9 Å². The molecule has 3 nitrogen and oxygen atoms in total. The molecule has 1 amide bonds. The highest BCUT2D eigenvalue weighted by molar-refractivity contribution is 5.92. The van der Waals surface area contributed by atoms with Gasteiger partial charge < -0.3 is 9.88 Å². The molecule has 0 bridgehead atoms. The van der Waals surface area contributed by atoms with Gasteiger partial charge in [0.2, 0.25) is 5.91 Å². The zero-order valence-corrected chi connectivity index (χ0v) is 14.4.